The van der Waals surface area contributed by atoms with E-state index in [0.717, 1.165) is 22.8 Å². The van der Waals surface area contributed by atoms with Crippen LogP contribution in [0.4, 0.5) is 5.69 Å². The number of nitrogens with one attached hydrogen (secondary N) is 1. The van der Waals surface area contributed by atoms with Crippen molar-refractivity contribution in [1.29, 1.82) is 0 Å². The lowest BCUT2D eigenvalue weighted by Crippen LogP contribution is -2.07. The summed E-state index contributed by atoms with van der Waals surface area (Å²) < 4.78 is 5.41. The molecule has 92 valence electrons. The third kappa shape index (κ3) is 1.93. The zero-order chi connectivity index (χ0) is 12.5. The number of halogens is 1. The maximum absolute atomic E-state index is 6.08. The Labute approximate surface area is 112 Å². The molecule has 3 rings (SSSR count). The van der Waals surface area contributed by atoms with Crippen LogP contribution >= 0.6 is 11.6 Å². The van der Waals surface area contributed by atoms with Gasteiger partial charge in [-0.05, 0) is 36.2 Å². The van der Waals surface area contributed by atoms with Gasteiger partial charge in [0.05, 0.1) is 13.2 Å². The molecule has 1 aliphatic heterocycles. The Morgan fingerprint density at radius 3 is 2.83 bits per heavy atom. The van der Waals surface area contributed by atoms with Crippen molar-refractivity contribution >= 4 is 17.3 Å². The van der Waals surface area contributed by atoms with Gasteiger partial charge in [0.1, 0.15) is 5.75 Å². The first-order valence-electron chi connectivity index (χ1n) is 5.96. The molecule has 0 amide bonds. The van der Waals surface area contributed by atoms with E-state index in [1.807, 2.05) is 24.3 Å². The average molecular weight is 260 g/mol. The van der Waals surface area contributed by atoms with Gasteiger partial charge in [-0.2, -0.15) is 0 Å². The van der Waals surface area contributed by atoms with Gasteiger partial charge in [-0.15, -0.1) is 0 Å². The molecule has 0 saturated heterocycles. The molecule has 2 aromatic carbocycles. The first kappa shape index (κ1) is 11.4. The van der Waals surface area contributed by atoms with Gasteiger partial charge in [-0.25, -0.2) is 0 Å². The number of fused-ring (bicyclic) bond motifs is 1. The number of hydrogen-bond donors (Lipinski definition) is 1. The minimum atomic E-state index is 0.232. The molecule has 2 aromatic rings. The maximum Gasteiger partial charge on any atom is 0.124 e. The Balaban J connectivity index is 1.97. The molecule has 0 bridgehead atoms. The SMILES string of the molecule is COc1ccc(Cl)cc1C1Cc2ccccc2N1. The lowest BCUT2D eigenvalue weighted by molar-refractivity contribution is 0.407. The van der Waals surface area contributed by atoms with Crippen molar-refractivity contribution in [2.24, 2.45) is 0 Å². The van der Waals surface area contributed by atoms with Crippen molar-refractivity contribution in [3.05, 3.63) is 58.6 Å². The van der Waals surface area contributed by atoms with Crippen LogP contribution in [-0.2, 0) is 6.42 Å². The molecule has 1 unspecified atom stereocenters. The van der Waals surface area contributed by atoms with Gasteiger partial charge >= 0.3 is 0 Å². The lowest BCUT2D eigenvalue weighted by Gasteiger charge is -2.16. The standard InChI is InChI=1S/C15H14ClNO/c1-18-15-7-6-11(16)9-12(15)14-8-10-4-2-3-5-13(10)17-14/h2-7,9,14,17H,8H2,1H3. The Morgan fingerprint density at radius 2 is 2.06 bits per heavy atom. The van der Waals surface area contributed by atoms with Crippen molar-refractivity contribution in [3.8, 4) is 5.75 Å². The molecule has 0 aliphatic carbocycles. The van der Waals surface area contributed by atoms with Crippen molar-refractivity contribution in [3.63, 3.8) is 0 Å². The van der Waals surface area contributed by atoms with Crippen LogP contribution in [0, 0.1) is 0 Å². The number of anilines is 1. The van der Waals surface area contributed by atoms with Gasteiger partial charge in [-0.3, -0.25) is 0 Å². The molecule has 1 heterocycles. The van der Waals surface area contributed by atoms with Gasteiger partial charge in [0.15, 0.2) is 0 Å². The normalized spacial score (nSPS) is 17.1. The summed E-state index contributed by atoms with van der Waals surface area (Å²) in [6.07, 6.45) is 0.965. The monoisotopic (exact) mass is 259 g/mol. The largest absolute Gasteiger partial charge is 0.496 e. The van der Waals surface area contributed by atoms with Crippen LogP contribution in [0.15, 0.2) is 42.5 Å². The first-order chi connectivity index (χ1) is 8.78. The van der Waals surface area contributed by atoms with Crippen LogP contribution in [0.2, 0.25) is 5.02 Å². The fourth-order valence-electron chi connectivity index (χ4n) is 2.46. The minimum Gasteiger partial charge on any atom is -0.496 e. The van der Waals surface area contributed by atoms with E-state index in [9.17, 15) is 0 Å². The molecule has 1 aliphatic rings. The highest BCUT2D eigenvalue weighted by Crippen LogP contribution is 2.38. The molecule has 0 fully saturated rings. The summed E-state index contributed by atoms with van der Waals surface area (Å²) >= 11 is 6.08. The van der Waals surface area contributed by atoms with Gasteiger partial charge in [-0.1, -0.05) is 29.8 Å². The predicted octanol–water partition coefficient (Wildman–Crippen LogP) is 4.06. The predicted molar refractivity (Wildman–Crippen MR) is 74.5 cm³/mol. The average Bonchev–Trinajstić information content (AvgIpc) is 2.82. The fourth-order valence-corrected chi connectivity index (χ4v) is 2.64. The summed E-state index contributed by atoms with van der Waals surface area (Å²) in [5, 5.41) is 4.25. The van der Waals surface area contributed by atoms with E-state index >= 15 is 0 Å². The highest BCUT2D eigenvalue weighted by Gasteiger charge is 2.24. The molecular weight excluding hydrogens is 246 g/mol. The van der Waals surface area contributed by atoms with E-state index in [1.165, 1.54) is 11.3 Å². The summed E-state index contributed by atoms with van der Waals surface area (Å²) in [4.78, 5) is 0. The number of ether oxygens (including phenoxy) is 1. The van der Waals surface area contributed by atoms with Crippen molar-refractivity contribution in [2.45, 2.75) is 12.5 Å². The van der Waals surface area contributed by atoms with Gasteiger partial charge in [0, 0.05) is 16.3 Å². The number of para-hydroxylation sites is 1. The first-order valence-corrected chi connectivity index (χ1v) is 6.33. The second kappa shape index (κ2) is 4.54. The van der Waals surface area contributed by atoms with Crippen LogP contribution in [0.25, 0.3) is 0 Å². The van der Waals surface area contributed by atoms with Crippen molar-refractivity contribution in [2.75, 3.05) is 12.4 Å². The summed E-state index contributed by atoms with van der Waals surface area (Å²) in [6.45, 7) is 0. The molecular formula is C15H14ClNO. The Kier molecular flexibility index (Phi) is 2.88. The summed E-state index contributed by atoms with van der Waals surface area (Å²) in [5.41, 5.74) is 3.65. The molecule has 0 spiro atoms. The minimum absolute atomic E-state index is 0.232. The Bertz CT molecular complexity index is 557. The molecule has 1 atom stereocenters. The number of hydrogen-bond acceptors (Lipinski definition) is 2. The molecule has 3 heteroatoms. The smallest absolute Gasteiger partial charge is 0.124 e. The van der Waals surface area contributed by atoms with E-state index in [0.29, 0.717) is 0 Å². The number of benzene rings is 2. The topological polar surface area (TPSA) is 21.3 Å². The number of methoxy groups -OCH3 is 1. The number of rotatable bonds is 2. The highest BCUT2D eigenvalue weighted by molar-refractivity contribution is 6.30. The molecule has 1 N–H and O–H groups in total. The van der Waals surface area contributed by atoms with Crippen LogP contribution in [0.1, 0.15) is 17.2 Å². The van der Waals surface area contributed by atoms with Crippen LogP contribution in [0.5, 0.6) is 5.75 Å². The zero-order valence-corrected chi connectivity index (χ0v) is 10.9. The molecule has 18 heavy (non-hydrogen) atoms. The van der Waals surface area contributed by atoms with Crippen molar-refractivity contribution in [1.82, 2.24) is 0 Å². The quantitative estimate of drug-likeness (QED) is 0.878. The van der Waals surface area contributed by atoms with E-state index < -0.39 is 0 Å². The second-order valence-corrected chi connectivity index (χ2v) is 4.88. The summed E-state index contributed by atoms with van der Waals surface area (Å²) in [5.74, 6) is 0.879. The van der Waals surface area contributed by atoms with Gasteiger partial charge in [0.25, 0.3) is 0 Å². The third-order valence-corrected chi connectivity index (χ3v) is 3.57. The molecule has 0 radical (unpaired) electrons. The van der Waals surface area contributed by atoms with Gasteiger partial charge in [0.2, 0.25) is 0 Å². The van der Waals surface area contributed by atoms with Crippen molar-refractivity contribution < 1.29 is 4.74 Å². The molecule has 0 aromatic heterocycles. The molecule has 0 saturated carbocycles. The fraction of sp³-hybridized carbons (Fsp3) is 0.200. The Hall–Kier alpha value is -1.67. The maximum atomic E-state index is 6.08. The molecule has 2 nitrogen and oxygen atoms in total. The van der Waals surface area contributed by atoms with E-state index in [-0.39, 0.29) is 6.04 Å². The Morgan fingerprint density at radius 1 is 1.22 bits per heavy atom. The van der Waals surface area contributed by atoms with E-state index in [1.54, 1.807) is 7.11 Å². The zero-order valence-electron chi connectivity index (χ0n) is 10.1. The van der Waals surface area contributed by atoms with E-state index in [2.05, 4.69) is 23.5 Å². The third-order valence-electron chi connectivity index (χ3n) is 3.34. The summed E-state index contributed by atoms with van der Waals surface area (Å²) in [7, 11) is 1.69. The summed E-state index contributed by atoms with van der Waals surface area (Å²) in [6, 6.07) is 14.3. The van der Waals surface area contributed by atoms with E-state index in [4.69, 9.17) is 16.3 Å². The van der Waals surface area contributed by atoms with Crippen LogP contribution < -0.4 is 10.1 Å². The second-order valence-electron chi connectivity index (χ2n) is 4.44. The highest BCUT2D eigenvalue weighted by atomic mass is 35.5. The lowest BCUT2D eigenvalue weighted by atomic mass is 10.0. The van der Waals surface area contributed by atoms with Gasteiger partial charge < -0.3 is 10.1 Å². The van der Waals surface area contributed by atoms with Crippen LogP contribution in [-0.4, -0.2) is 7.11 Å². The van der Waals surface area contributed by atoms with Crippen LogP contribution in [0.3, 0.4) is 0 Å².